The van der Waals surface area contributed by atoms with Crippen molar-refractivity contribution in [1.82, 2.24) is 20.2 Å². The Bertz CT molecular complexity index is 606. The van der Waals surface area contributed by atoms with Crippen molar-refractivity contribution in [2.24, 2.45) is 0 Å². The van der Waals surface area contributed by atoms with Crippen molar-refractivity contribution in [2.75, 3.05) is 0 Å². The SMILES string of the molecule is Cc1nc(-c2cccc3[nH]ccc23)n[nH]1. The summed E-state index contributed by atoms with van der Waals surface area (Å²) in [4.78, 5) is 7.50. The van der Waals surface area contributed by atoms with Crippen molar-refractivity contribution >= 4 is 10.9 Å². The number of benzene rings is 1. The van der Waals surface area contributed by atoms with E-state index < -0.39 is 0 Å². The Balaban J connectivity index is 2.30. The second-order valence-corrected chi connectivity index (χ2v) is 3.49. The lowest BCUT2D eigenvalue weighted by molar-refractivity contribution is 1.04. The summed E-state index contributed by atoms with van der Waals surface area (Å²) >= 11 is 0. The molecule has 2 aromatic heterocycles. The number of nitrogens with zero attached hydrogens (tertiary/aromatic N) is 2. The molecule has 0 unspecified atom stereocenters. The zero-order valence-corrected chi connectivity index (χ0v) is 8.28. The van der Waals surface area contributed by atoms with Gasteiger partial charge >= 0.3 is 0 Å². The van der Waals surface area contributed by atoms with Crippen LogP contribution in [0.2, 0.25) is 0 Å². The molecule has 0 amide bonds. The van der Waals surface area contributed by atoms with E-state index in [-0.39, 0.29) is 0 Å². The van der Waals surface area contributed by atoms with Gasteiger partial charge in [0.1, 0.15) is 5.82 Å². The van der Waals surface area contributed by atoms with Gasteiger partial charge in [-0.25, -0.2) is 4.98 Å². The standard InChI is InChI=1S/C11H10N4/c1-7-13-11(15-14-7)9-3-2-4-10-8(9)5-6-12-10/h2-6,12H,1H3,(H,13,14,15). The normalized spacial score (nSPS) is 11.0. The van der Waals surface area contributed by atoms with Gasteiger partial charge in [0.2, 0.25) is 0 Å². The molecular weight excluding hydrogens is 188 g/mol. The fourth-order valence-electron chi connectivity index (χ4n) is 1.74. The van der Waals surface area contributed by atoms with Crippen LogP contribution in [-0.2, 0) is 0 Å². The van der Waals surface area contributed by atoms with Crippen LogP contribution in [0.15, 0.2) is 30.5 Å². The minimum atomic E-state index is 0.748. The lowest BCUT2D eigenvalue weighted by Gasteiger charge is -1.96. The molecule has 4 nitrogen and oxygen atoms in total. The molecule has 3 rings (SSSR count). The Morgan fingerprint density at radius 3 is 2.93 bits per heavy atom. The van der Waals surface area contributed by atoms with Crippen LogP contribution in [0, 0.1) is 6.92 Å². The van der Waals surface area contributed by atoms with E-state index in [1.807, 2.05) is 37.4 Å². The topological polar surface area (TPSA) is 57.4 Å². The number of nitrogens with one attached hydrogen (secondary N) is 2. The van der Waals surface area contributed by atoms with Crippen LogP contribution in [0.4, 0.5) is 0 Å². The van der Waals surface area contributed by atoms with Crippen molar-refractivity contribution in [2.45, 2.75) is 6.92 Å². The molecule has 0 aliphatic rings. The molecule has 0 spiro atoms. The lowest BCUT2D eigenvalue weighted by atomic mass is 10.1. The highest BCUT2D eigenvalue weighted by atomic mass is 15.2. The van der Waals surface area contributed by atoms with E-state index in [4.69, 9.17) is 0 Å². The monoisotopic (exact) mass is 198 g/mol. The van der Waals surface area contributed by atoms with E-state index in [1.54, 1.807) is 0 Å². The van der Waals surface area contributed by atoms with Gasteiger partial charge in [-0.1, -0.05) is 12.1 Å². The van der Waals surface area contributed by atoms with Crippen molar-refractivity contribution < 1.29 is 0 Å². The summed E-state index contributed by atoms with van der Waals surface area (Å²) in [5.41, 5.74) is 2.16. The first kappa shape index (κ1) is 8.23. The van der Waals surface area contributed by atoms with Gasteiger partial charge in [0.05, 0.1) is 0 Å². The minimum Gasteiger partial charge on any atom is -0.361 e. The van der Waals surface area contributed by atoms with Crippen LogP contribution < -0.4 is 0 Å². The summed E-state index contributed by atoms with van der Waals surface area (Å²) in [6, 6.07) is 8.10. The molecule has 0 aliphatic heterocycles. The molecule has 15 heavy (non-hydrogen) atoms. The molecule has 0 bridgehead atoms. The van der Waals surface area contributed by atoms with Gasteiger partial charge in [-0.05, 0) is 19.1 Å². The number of hydrogen-bond donors (Lipinski definition) is 2. The Morgan fingerprint density at radius 1 is 1.20 bits per heavy atom. The quantitative estimate of drug-likeness (QED) is 0.630. The van der Waals surface area contributed by atoms with Gasteiger partial charge in [0.25, 0.3) is 0 Å². The number of rotatable bonds is 1. The fraction of sp³-hybridized carbons (Fsp3) is 0.0909. The Hall–Kier alpha value is -2.10. The summed E-state index contributed by atoms with van der Waals surface area (Å²) < 4.78 is 0. The molecule has 0 radical (unpaired) electrons. The van der Waals surface area contributed by atoms with E-state index in [2.05, 4.69) is 20.2 Å². The largest absolute Gasteiger partial charge is 0.361 e. The van der Waals surface area contributed by atoms with E-state index in [1.165, 1.54) is 0 Å². The molecule has 0 saturated carbocycles. The molecule has 2 heterocycles. The minimum absolute atomic E-state index is 0.748. The van der Waals surface area contributed by atoms with Crippen LogP contribution in [-0.4, -0.2) is 20.2 Å². The molecule has 0 fully saturated rings. The average Bonchev–Trinajstić information content (AvgIpc) is 2.84. The van der Waals surface area contributed by atoms with Crippen LogP contribution in [0.25, 0.3) is 22.3 Å². The number of H-pyrrole nitrogens is 2. The second kappa shape index (κ2) is 2.95. The molecular formula is C11H10N4. The number of aryl methyl sites for hydroxylation is 1. The smallest absolute Gasteiger partial charge is 0.181 e. The number of hydrogen-bond acceptors (Lipinski definition) is 2. The maximum Gasteiger partial charge on any atom is 0.181 e. The molecule has 74 valence electrons. The molecule has 0 aliphatic carbocycles. The first-order valence-corrected chi connectivity index (χ1v) is 4.80. The number of aromatic amines is 2. The lowest BCUT2D eigenvalue weighted by Crippen LogP contribution is -1.81. The molecule has 0 saturated heterocycles. The average molecular weight is 198 g/mol. The maximum atomic E-state index is 4.33. The third-order valence-electron chi connectivity index (χ3n) is 2.43. The van der Waals surface area contributed by atoms with E-state index >= 15 is 0 Å². The molecule has 4 heteroatoms. The summed E-state index contributed by atoms with van der Waals surface area (Å²) in [5, 5.41) is 8.17. The van der Waals surface area contributed by atoms with Gasteiger partial charge < -0.3 is 4.98 Å². The summed E-state index contributed by atoms with van der Waals surface area (Å²) in [6.07, 6.45) is 1.92. The first-order valence-electron chi connectivity index (χ1n) is 4.80. The van der Waals surface area contributed by atoms with E-state index in [0.717, 1.165) is 28.1 Å². The fourth-order valence-corrected chi connectivity index (χ4v) is 1.74. The predicted molar refractivity (Wildman–Crippen MR) is 58.4 cm³/mol. The Kier molecular flexibility index (Phi) is 1.62. The highest BCUT2D eigenvalue weighted by Crippen LogP contribution is 2.24. The van der Waals surface area contributed by atoms with Crippen LogP contribution >= 0.6 is 0 Å². The predicted octanol–water partition coefficient (Wildman–Crippen LogP) is 2.26. The Morgan fingerprint density at radius 2 is 2.13 bits per heavy atom. The third-order valence-corrected chi connectivity index (χ3v) is 2.43. The van der Waals surface area contributed by atoms with Gasteiger partial charge in [-0.2, -0.15) is 5.10 Å². The van der Waals surface area contributed by atoms with Crippen molar-refractivity contribution in [3.05, 3.63) is 36.3 Å². The van der Waals surface area contributed by atoms with Gasteiger partial charge in [-0.15, -0.1) is 0 Å². The van der Waals surface area contributed by atoms with E-state index in [9.17, 15) is 0 Å². The van der Waals surface area contributed by atoms with Crippen molar-refractivity contribution in [3.8, 4) is 11.4 Å². The van der Waals surface area contributed by atoms with Gasteiger partial charge in [-0.3, -0.25) is 5.10 Å². The summed E-state index contributed by atoms with van der Waals surface area (Å²) in [7, 11) is 0. The summed E-state index contributed by atoms with van der Waals surface area (Å²) in [6.45, 7) is 1.90. The molecule has 0 atom stereocenters. The maximum absolute atomic E-state index is 4.33. The Labute approximate surface area is 86.4 Å². The van der Waals surface area contributed by atoms with Gasteiger partial charge in [0, 0.05) is 22.7 Å². The molecule has 3 aromatic rings. The highest BCUT2D eigenvalue weighted by molar-refractivity contribution is 5.93. The van der Waals surface area contributed by atoms with Crippen LogP contribution in [0.1, 0.15) is 5.82 Å². The third kappa shape index (κ3) is 1.22. The van der Waals surface area contributed by atoms with Crippen molar-refractivity contribution in [3.63, 3.8) is 0 Å². The zero-order chi connectivity index (χ0) is 10.3. The summed E-state index contributed by atoms with van der Waals surface area (Å²) in [5.74, 6) is 1.58. The molecule has 2 N–H and O–H groups in total. The van der Waals surface area contributed by atoms with Crippen LogP contribution in [0.5, 0.6) is 0 Å². The van der Waals surface area contributed by atoms with E-state index in [0.29, 0.717) is 0 Å². The van der Waals surface area contributed by atoms with Crippen LogP contribution in [0.3, 0.4) is 0 Å². The first-order chi connectivity index (χ1) is 7.34. The molecule has 1 aromatic carbocycles. The number of aromatic nitrogens is 4. The number of fused-ring (bicyclic) bond motifs is 1. The zero-order valence-electron chi connectivity index (χ0n) is 8.28. The highest BCUT2D eigenvalue weighted by Gasteiger charge is 2.07. The van der Waals surface area contributed by atoms with Gasteiger partial charge in [0.15, 0.2) is 5.82 Å². The van der Waals surface area contributed by atoms with Crippen molar-refractivity contribution in [1.29, 1.82) is 0 Å². The second-order valence-electron chi connectivity index (χ2n) is 3.49.